The van der Waals surface area contributed by atoms with Crippen molar-refractivity contribution in [3.63, 3.8) is 0 Å². The number of benzene rings is 1. The second kappa shape index (κ2) is 6.41. The SMILES string of the molecule is CC(C)(C)NCc1cc(Oc2cccc(F)c2)ncc1Cl. The summed E-state index contributed by atoms with van der Waals surface area (Å²) < 4.78 is 18.7. The third-order valence-electron chi connectivity index (χ3n) is 2.74. The van der Waals surface area contributed by atoms with Gasteiger partial charge in [0.2, 0.25) is 5.88 Å². The van der Waals surface area contributed by atoms with Crippen molar-refractivity contribution in [1.29, 1.82) is 0 Å². The predicted molar refractivity (Wildman–Crippen MR) is 82.3 cm³/mol. The van der Waals surface area contributed by atoms with Crippen LogP contribution in [0, 0.1) is 5.82 Å². The number of rotatable bonds is 4. The van der Waals surface area contributed by atoms with Crippen LogP contribution in [0.3, 0.4) is 0 Å². The molecule has 0 radical (unpaired) electrons. The molecule has 1 aromatic carbocycles. The van der Waals surface area contributed by atoms with Gasteiger partial charge < -0.3 is 10.1 Å². The van der Waals surface area contributed by atoms with Crippen molar-refractivity contribution >= 4 is 11.6 Å². The largest absolute Gasteiger partial charge is 0.439 e. The smallest absolute Gasteiger partial charge is 0.219 e. The van der Waals surface area contributed by atoms with E-state index in [1.807, 2.05) is 0 Å². The van der Waals surface area contributed by atoms with E-state index in [0.29, 0.717) is 23.2 Å². The number of pyridine rings is 1. The van der Waals surface area contributed by atoms with Crippen LogP contribution in [0.5, 0.6) is 11.6 Å². The van der Waals surface area contributed by atoms with E-state index in [1.54, 1.807) is 18.2 Å². The maximum atomic E-state index is 13.1. The summed E-state index contributed by atoms with van der Waals surface area (Å²) in [6.07, 6.45) is 1.54. The van der Waals surface area contributed by atoms with Gasteiger partial charge in [-0.25, -0.2) is 9.37 Å². The first-order valence-electron chi connectivity index (χ1n) is 6.66. The van der Waals surface area contributed by atoms with E-state index >= 15 is 0 Å². The summed E-state index contributed by atoms with van der Waals surface area (Å²) in [5, 5.41) is 3.92. The van der Waals surface area contributed by atoms with Crippen molar-refractivity contribution in [3.05, 3.63) is 52.9 Å². The van der Waals surface area contributed by atoms with Gasteiger partial charge in [-0.1, -0.05) is 17.7 Å². The van der Waals surface area contributed by atoms with Gasteiger partial charge in [-0.15, -0.1) is 0 Å². The molecule has 21 heavy (non-hydrogen) atoms. The lowest BCUT2D eigenvalue weighted by Crippen LogP contribution is -2.35. The molecule has 0 fully saturated rings. The molecule has 0 spiro atoms. The molecular weight excluding hydrogens is 291 g/mol. The molecule has 0 unspecified atom stereocenters. The van der Waals surface area contributed by atoms with Gasteiger partial charge in [-0.3, -0.25) is 0 Å². The van der Waals surface area contributed by atoms with E-state index in [4.69, 9.17) is 16.3 Å². The van der Waals surface area contributed by atoms with Gasteiger partial charge in [0, 0.05) is 30.4 Å². The molecule has 1 N–H and O–H groups in total. The minimum absolute atomic E-state index is 0.0177. The van der Waals surface area contributed by atoms with Gasteiger partial charge in [0.25, 0.3) is 0 Å². The molecule has 0 saturated carbocycles. The maximum Gasteiger partial charge on any atom is 0.219 e. The molecule has 2 aromatic rings. The third-order valence-corrected chi connectivity index (χ3v) is 3.08. The summed E-state index contributed by atoms with van der Waals surface area (Å²) in [7, 11) is 0. The van der Waals surface area contributed by atoms with E-state index in [0.717, 1.165) is 5.56 Å². The summed E-state index contributed by atoms with van der Waals surface area (Å²) in [6, 6.07) is 7.69. The first-order chi connectivity index (χ1) is 9.83. The molecule has 5 heteroatoms. The highest BCUT2D eigenvalue weighted by molar-refractivity contribution is 6.31. The molecule has 0 saturated heterocycles. The monoisotopic (exact) mass is 308 g/mol. The molecule has 0 aliphatic heterocycles. The molecule has 1 heterocycles. The lowest BCUT2D eigenvalue weighted by molar-refractivity contribution is 0.421. The second-order valence-electron chi connectivity index (χ2n) is 5.78. The summed E-state index contributed by atoms with van der Waals surface area (Å²) >= 11 is 6.14. The number of hydrogen-bond donors (Lipinski definition) is 1. The minimum atomic E-state index is -0.351. The van der Waals surface area contributed by atoms with Crippen molar-refractivity contribution in [2.75, 3.05) is 0 Å². The van der Waals surface area contributed by atoms with Crippen LogP contribution in [0.4, 0.5) is 4.39 Å². The molecule has 0 amide bonds. The Labute approximate surface area is 129 Å². The maximum absolute atomic E-state index is 13.1. The minimum Gasteiger partial charge on any atom is -0.439 e. The van der Waals surface area contributed by atoms with E-state index in [1.165, 1.54) is 18.3 Å². The number of nitrogens with zero attached hydrogens (tertiary/aromatic N) is 1. The highest BCUT2D eigenvalue weighted by atomic mass is 35.5. The number of ether oxygens (including phenoxy) is 1. The van der Waals surface area contributed by atoms with Gasteiger partial charge in [0.1, 0.15) is 11.6 Å². The summed E-state index contributed by atoms with van der Waals surface area (Å²) in [5.41, 5.74) is 0.865. The zero-order valence-corrected chi connectivity index (χ0v) is 13.0. The normalized spacial score (nSPS) is 11.5. The van der Waals surface area contributed by atoms with Crippen LogP contribution in [-0.2, 0) is 6.54 Å². The number of nitrogens with one attached hydrogen (secondary N) is 1. The molecule has 0 atom stereocenters. The molecule has 0 bridgehead atoms. The quantitative estimate of drug-likeness (QED) is 0.899. The predicted octanol–water partition coefficient (Wildman–Crippen LogP) is 4.55. The van der Waals surface area contributed by atoms with Crippen LogP contribution in [0.2, 0.25) is 5.02 Å². The highest BCUT2D eigenvalue weighted by Gasteiger charge is 2.11. The summed E-state index contributed by atoms with van der Waals surface area (Å²) in [6.45, 7) is 6.83. The Hall–Kier alpha value is -1.65. The van der Waals surface area contributed by atoms with Crippen molar-refractivity contribution in [2.45, 2.75) is 32.9 Å². The van der Waals surface area contributed by atoms with Gasteiger partial charge in [0.05, 0.1) is 5.02 Å². The van der Waals surface area contributed by atoms with E-state index in [-0.39, 0.29) is 11.4 Å². The fourth-order valence-corrected chi connectivity index (χ4v) is 1.83. The van der Waals surface area contributed by atoms with Crippen LogP contribution < -0.4 is 10.1 Å². The highest BCUT2D eigenvalue weighted by Crippen LogP contribution is 2.24. The first kappa shape index (κ1) is 15.7. The Morgan fingerprint density at radius 1 is 1.29 bits per heavy atom. The fraction of sp³-hybridized carbons (Fsp3) is 0.312. The van der Waals surface area contributed by atoms with Gasteiger partial charge in [-0.2, -0.15) is 0 Å². The number of halogens is 2. The molecule has 3 nitrogen and oxygen atoms in total. The average Bonchev–Trinajstić information content (AvgIpc) is 2.38. The molecular formula is C16H18ClFN2O. The molecule has 1 aromatic heterocycles. The lowest BCUT2D eigenvalue weighted by Gasteiger charge is -2.21. The number of aromatic nitrogens is 1. The van der Waals surface area contributed by atoms with Crippen LogP contribution in [0.15, 0.2) is 36.5 Å². The third kappa shape index (κ3) is 4.99. The fourth-order valence-electron chi connectivity index (χ4n) is 1.66. The molecule has 0 aliphatic rings. The van der Waals surface area contributed by atoms with Crippen LogP contribution in [-0.4, -0.2) is 10.5 Å². The van der Waals surface area contributed by atoms with Crippen molar-refractivity contribution < 1.29 is 9.13 Å². The van der Waals surface area contributed by atoms with Crippen LogP contribution in [0.1, 0.15) is 26.3 Å². The van der Waals surface area contributed by atoms with E-state index in [2.05, 4.69) is 31.1 Å². The Morgan fingerprint density at radius 2 is 2.05 bits per heavy atom. The zero-order valence-electron chi connectivity index (χ0n) is 12.3. The van der Waals surface area contributed by atoms with Gasteiger partial charge >= 0.3 is 0 Å². The molecule has 0 aliphatic carbocycles. The van der Waals surface area contributed by atoms with E-state index < -0.39 is 0 Å². The Bertz CT molecular complexity index is 626. The van der Waals surface area contributed by atoms with Crippen LogP contribution >= 0.6 is 11.6 Å². The van der Waals surface area contributed by atoms with Crippen LogP contribution in [0.25, 0.3) is 0 Å². The van der Waals surface area contributed by atoms with Gasteiger partial charge in [0.15, 0.2) is 0 Å². The average molecular weight is 309 g/mol. The standard InChI is InChI=1S/C16H18ClFN2O/c1-16(2,3)20-9-11-7-15(19-10-14(11)17)21-13-6-4-5-12(18)8-13/h4-8,10,20H,9H2,1-3H3. The van der Waals surface area contributed by atoms with Crippen molar-refractivity contribution in [3.8, 4) is 11.6 Å². The topological polar surface area (TPSA) is 34.1 Å². The van der Waals surface area contributed by atoms with Crippen molar-refractivity contribution in [1.82, 2.24) is 10.3 Å². The Morgan fingerprint density at radius 3 is 2.71 bits per heavy atom. The van der Waals surface area contributed by atoms with Gasteiger partial charge in [-0.05, 0) is 38.5 Å². The second-order valence-corrected chi connectivity index (χ2v) is 6.18. The zero-order chi connectivity index (χ0) is 15.5. The number of hydrogen-bond acceptors (Lipinski definition) is 3. The Balaban J connectivity index is 2.14. The molecule has 112 valence electrons. The Kier molecular flexibility index (Phi) is 4.80. The summed E-state index contributed by atoms with van der Waals surface area (Å²) in [5.74, 6) is 0.436. The lowest BCUT2D eigenvalue weighted by atomic mass is 10.1. The summed E-state index contributed by atoms with van der Waals surface area (Å²) in [4.78, 5) is 4.10. The molecule has 2 rings (SSSR count). The first-order valence-corrected chi connectivity index (χ1v) is 7.04. The van der Waals surface area contributed by atoms with E-state index in [9.17, 15) is 4.39 Å². The van der Waals surface area contributed by atoms with Crippen molar-refractivity contribution in [2.24, 2.45) is 0 Å².